The third-order valence-electron chi connectivity index (χ3n) is 2.58. The molecule has 0 spiro atoms. The van der Waals surface area contributed by atoms with E-state index in [1.165, 1.54) is 11.3 Å². The maximum atomic E-state index is 4.40. The Labute approximate surface area is 103 Å². The number of aryl methyl sites for hydroxylation is 1. The summed E-state index contributed by atoms with van der Waals surface area (Å²) < 4.78 is 2.05. The summed E-state index contributed by atoms with van der Waals surface area (Å²) in [6.07, 6.45) is 5.28. The van der Waals surface area contributed by atoms with E-state index in [1.807, 2.05) is 18.0 Å². The molecule has 0 saturated heterocycles. The second kappa shape index (κ2) is 7.74. The first kappa shape index (κ1) is 13.6. The van der Waals surface area contributed by atoms with Gasteiger partial charge in [0.25, 0.3) is 0 Å². The summed E-state index contributed by atoms with van der Waals surface area (Å²) in [6, 6.07) is 0.456. The Bertz CT molecular complexity index is 286. The second-order valence-electron chi connectivity index (χ2n) is 3.75. The number of nitrogens with one attached hydrogen (secondary N) is 1. The van der Waals surface area contributed by atoms with Gasteiger partial charge in [-0.1, -0.05) is 20.8 Å². The molecule has 1 heterocycles. The quantitative estimate of drug-likeness (QED) is 0.710. The standard InChI is InChI=1S/C12H23N3S/c1-4-12(13-5-2)11-9-14-15(10-11)7-8-16-6-3/h9-10,12-13H,4-8H2,1-3H3. The van der Waals surface area contributed by atoms with Crippen molar-refractivity contribution in [1.29, 1.82) is 0 Å². The number of rotatable bonds is 8. The molecule has 0 bridgehead atoms. The molecule has 0 aliphatic heterocycles. The van der Waals surface area contributed by atoms with E-state index in [0.29, 0.717) is 6.04 Å². The van der Waals surface area contributed by atoms with Gasteiger partial charge in [-0.2, -0.15) is 16.9 Å². The Hall–Kier alpha value is -0.480. The lowest BCUT2D eigenvalue weighted by Gasteiger charge is -2.13. The van der Waals surface area contributed by atoms with E-state index in [4.69, 9.17) is 0 Å². The van der Waals surface area contributed by atoms with Crippen molar-refractivity contribution in [1.82, 2.24) is 15.1 Å². The maximum absolute atomic E-state index is 4.40. The molecule has 0 aliphatic carbocycles. The van der Waals surface area contributed by atoms with Crippen LogP contribution in [0, 0.1) is 0 Å². The average Bonchev–Trinajstić information content (AvgIpc) is 2.75. The topological polar surface area (TPSA) is 29.9 Å². The van der Waals surface area contributed by atoms with Gasteiger partial charge in [0.05, 0.1) is 6.20 Å². The van der Waals surface area contributed by atoms with Crippen molar-refractivity contribution in [2.45, 2.75) is 39.8 Å². The van der Waals surface area contributed by atoms with Gasteiger partial charge in [-0.15, -0.1) is 0 Å². The van der Waals surface area contributed by atoms with Crippen LogP contribution in [0.1, 0.15) is 38.8 Å². The molecule has 92 valence electrons. The van der Waals surface area contributed by atoms with Crippen LogP contribution in [0.15, 0.2) is 12.4 Å². The van der Waals surface area contributed by atoms with Gasteiger partial charge < -0.3 is 5.32 Å². The number of hydrogen-bond acceptors (Lipinski definition) is 3. The summed E-state index contributed by atoms with van der Waals surface area (Å²) in [4.78, 5) is 0. The molecule has 0 amide bonds. The minimum atomic E-state index is 0.456. The van der Waals surface area contributed by atoms with E-state index in [-0.39, 0.29) is 0 Å². The zero-order valence-electron chi connectivity index (χ0n) is 10.6. The van der Waals surface area contributed by atoms with Crippen LogP contribution in [0.3, 0.4) is 0 Å². The predicted octanol–water partition coefficient (Wildman–Crippen LogP) is 2.70. The van der Waals surface area contributed by atoms with Crippen molar-refractivity contribution in [2.24, 2.45) is 0 Å². The van der Waals surface area contributed by atoms with Crippen molar-refractivity contribution in [3.05, 3.63) is 18.0 Å². The van der Waals surface area contributed by atoms with Crippen LogP contribution in [0.2, 0.25) is 0 Å². The Morgan fingerprint density at radius 1 is 1.44 bits per heavy atom. The molecule has 0 fully saturated rings. The smallest absolute Gasteiger partial charge is 0.0537 e. The van der Waals surface area contributed by atoms with Gasteiger partial charge in [0.1, 0.15) is 0 Å². The van der Waals surface area contributed by atoms with Gasteiger partial charge in [0.2, 0.25) is 0 Å². The number of nitrogens with zero attached hydrogens (tertiary/aromatic N) is 2. The lowest BCUT2D eigenvalue weighted by Crippen LogP contribution is -2.19. The van der Waals surface area contributed by atoms with E-state index in [1.54, 1.807) is 0 Å². The summed E-state index contributed by atoms with van der Waals surface area (Å²) in [5.41, 5.74) is 1.31. The molecule has 0 aromatic carbocycles. The van der Waals surface area contributed by atoms with E-state index in [2.05, 4.69) is 42.1 Å². The largest absolute Gasteiger partial charge is 0.310 e. The lowest BCUT2D eigenvalue weighted by molar-refractivity contribution is 0.536. The van der Waals surface area contributed by atoms with E-state index in [9.17, 15) is 0 Å². The van der Waals surface area contributed by atoms with Gasteiger partial charge in [0.15, 0.2) is 0 Å². The van der Waals surface area contributed by atoms with Crippen LogP contribution < -0.4 is 5.32 Å². The third-order valence-corrected chi connectivity index (χ3v) is 3.46. The first-order valence-corrected chi connectivity index (χ1v) is 7.30. The first-order valence-electron chi connectivity index (χ1n) is 6.15. The fourth-order valence-corrected chi connectivity index (χ4v) is 2.33. The number of aromatic nitrogens is 2. The molecule has 1 rings (SSSR count). The Balaban J connectivity index is 2.48. The summed E-state index contributed by atoms with van der Waals surface area (Å²) in [5.74, 6) is 2.33. The van der Waals surface area contributed by atoms with Crippen LogP contribution in [-0.4, -0.2) is 27.8 Å². The zero-order valence-corrected chi connectivity index (χ0v) is 11.4. The molecule has 1 unspecified atom stereocenters. The molecular formula is C12H23N3S. The maximum Gasteiger partial charge on any atom is 0.0537 e. The summed E-state index contributed by atoms with van der Waals surface area (Å²) in [5, 5.41) is 7.87. The highest BCUT2D eigenvalue weighted by atomic mass is 32.2. The Morgan fingerprint density at radius 2 is 2.25 bits per heavy atom. The van der Waals surface area contributed by atoms with Crippen LogP contribution in [-0.2, 0) is 6.54 Å². The Morgan fingerprint density at radius 3 is 2.88 bits per heavy atom. The van der Waals surface area contributed by atoms with E-state index < -0.39 is 0 Å². The molecular weight excluding hydrogens is 218 g/mol. The summed E-state index contributed by atoms with van der Waals surface area (Å²) >= 11 is 1.96. The lowest BCUT2D eigenvalue weighted by atomic mass is 10.1. The highest BCUT2D eigenvalue weighted by Gasteiger charge is 2.09. The zero-order chi connectivity index (χ0) is 11.8. The monoisotopic (exact) mass is 241 g/mol. The van der Waals surface area contributed by atoms with Gasteiger partial charge in [-0.05, 0) is 18.7 Å². The summed E-state index contributed by atoms with van der Waals surface area (Å²) in [6.45, 7) is 8.57. The van der Waals surface area contributed by atoms with E-state index >= 15 is 0 Å². The van der Waals surface area contributed by atoms with Gasteiger partial charge in [0, 0.05) is 30.1 Å². The third kappa shape index (κ3) is 4.18. The van der Waals surface area contributed by atoms with E-state index in [0.717, 1.165) is 25.3 Å². The number of hydrogen-bond donors (Lipinski definition) is 1. The fourth-order valence-electron chi connectivity index (χ4n) is 1.73. The molecule has 0 aliphatic rings. The molecule has 0 radical (unpaired) electrons. The second-order valence-corrected chi connectivity index (χ2v) is 5.15. The fraction of sp³-hybridized carbons (Fsp3) is 0.750. The predicted molar refractivity (Wildman–Crippen MR) is 71.9 cm³/mol. The minimum absolute atomic E-state index is 0.456. The van der Waals surface area contributed by atoms with Crippen LogP contribution in [0.25, 0.3) is 0 Å². The number of thioether (sulfide) groups is 1. The molecule has 0 saturated carbocycles. The van der Waals surface area contributed by atoms with Gasteiger partial charge in [-0.3, -0.25) is 4.68 Å². The van der Waals surface area contributed by atoms with Crippen molar-refractivity contribution in [2.75, 3.05) is 18.1 Å². The van der Waals surface area contributed by atoms with Gasteiger partial charge in [-0.25, -0.2) is 0 Å². The van der Waals surface area contributed by atoms with Crippen molar-refractivity contribution in [3.8, 4) is 0 Å². The molecule has 16 heavy (non-hydrogen) atoms. The molecule has 1 atom stereocenters. The van der Waals surface area contributed by atoms with Crippen LogP contribution >= 0.6 is 11.8 Å². The van der Waals surface area contributed by atoms with Crippen molar-refractivity contribution in [3.63, 3.8) is 0 Å². The van der Waals surface area contributed by atoms with Crippen LogP contribution in [0.5, 0.6) is 0 Å². The average molecular weight is 241 g/mol. The SMILES string of the molecule is CCNC(CC)c1cnn(CCSCC)c1. The Kier molecular flexibility index (Phi) is 6.57. The molecule has 1 N–H and O–H groups in total. The highest BCUT2D eigenvalue weighted by molar-refractivity contribution is 7.99. The van der Waals surface area contributed by atoms with Crippen molar-refractivity contribution >= 4 is 11.8 Å². The van der Waals surface area contributed by atoms with Gasteiger partial charge >= 0.3 is 0 Å². The molecule has 4 heteroatoms. The van der Waals surface area contributed by atoms with Crippen molar-refractivity contribution < 1.29 is 0 Å². The normalized spacial score (nSPS) is 12.9. The molecule has 3 nitrogen and oxygen atoms in total. The molecule has 1 aromatic heterocycles. The summed E-state index contributed by atoms with van der Waals surface area (Å²) in [7, 11) is 0. The highest BCUT2D eigenvalue weighted by Crippen LogP contribution is 2.15. The molecule has 1 aromatic rings. The van der Waals surface area contributed by atoms with Crippen LogP contribution in [0.4, 0.5) is 0 Å². The first-order chi connectivity index (χ1) is 7.81. The minimum Gasteiger partial charge on any atom is -0.310 e.